The zero-order chi connectivity index (χ0) is 12.4. The van der Waals surface area contributed by atoms with Gasteiger partial charge in [-0.05, 0) is 19.8 Å². The van der Waals surface area contributed by atoms with Crippen LogP contribution in [-0.2, 0) is 9.63 Å². The van der Waals surface area contributed by atoms with Crippen LogP contribution in [0.1, 0.15) is 52.4 Å². The van der Waals surface area contributed by atoms with Crippen LogP contribution < -0.4 is 0 Å². The lowest BCUT2D eigenvalue weighted by molar-refractivity contribution is -0.172. The van der Waals surface area contributed by atoms with E-state index in [1.54, 1.807) is 21.0 Å². The molecule has 0 bridgehead atoms. The van der Waals surface area contributed by atoms with E-state index < -0.39 is 0 Å². The molecule has 0 fully saturated rings. The van der Waals surface area contributed by atoms with Gasteiger partial charge in [0.25, 0.3) is 0 Å². The van der Waals surface area contributed by atoms with Gasteiger partial charge in [0.1, 0.15) is 0 Å². The van der Waals surface area contributed by atoms with Crippen molar-refractivity contribution < 1.29 is 9.63 Å². The number of unbranched alkanes of at least 4 members (excludes halogenated alkanes) is 5. The average molecular weight is 227 g/mol. The van der Waals surface area contributed by atoms with Gasteiger partial charge in [0, 0.05) is 19.7 Å². The molecule has 0 atom stereocenters. The number of hydroxylamine groups is 2. The second-order valence-electron chi connectivity index (χ2n) is 4.28. The first-order valence-corrected chi connectivity index (χ1v) is 6.14. The molecular weight excluding hydrogens is 202 g/mol. The number of carbonyl (C=O) groups excluding carboxylic acids is 1. The molecule has 0 aliphatic carbocycles. The fraction of sp³-hybridized carbons (Fsp3) is 0.769. The van der Waals surface area contributed by atoms with Gasteiger partial charge in [-0.1, -0.05) is 38.7 Å². The summed E-state index contributed by atoms with van der Waals surface area (Å²) in [5.41, 5.74) is 0.698. The smallest absolute Gasteiger partial charge is 0.352 e. The van der Waals surface area contributed by atoms with Gasteiger partial charge in [-0.15, -0.1) is 5.06 Å². The minimum Gasteiger partial charge on any atom is -0.365 e. The molecule has 0 aliphatic heterocycles. The molecule has 3 nitrogen and oxygen atoms in total. The van der Waals surface area contributed by atoms with Crippen molar-refractivity contribution in [1.29, 1.82) is 0 Å². The summed E-state index contributed by atoms with van der Waals surface area (Å²) in [5, 5.41) is 1.42. The van der Waals surface area contributed by atoms with Crippen LogP contribution in [0.25, 0.3) is 0 Å². The fourth-order valence-corrected chi connectivity index (χ4v) is 1.39. The number of rotatable bonds is 8. The molecule has 0 aromatic carbocycles. The largest absolute Gasteiger partial charge is 0.365 e. The van der Waals surface area contributed by atoms with E-state index >= 15 is 0 Å². The summed E-state index contributed by atoms with van der Waals surface area (Å²) in [7, 11) is 3.41. The Balaban J connectivity index is 3.65. The molecule has 0 unspecified atom stereocenters. The molecule has 0 aromatic heterocycles. The predicted molar refractivity (Wildman–Crippen MR) is 66.9 cm³/mol. The van der Waals surface area contributed by atoms with Crippen LogP contribution in [0.3, 0.4) is 0 Å². The van der Waals surface area contributed by atoms with Crippen molar-refractivity contribution in [3.63, 3.8) is 0 Å². The molecule has 94 valence electrons. The lowest BCUT2D eigenvalue weighted by atomic mass is 10.1. The molecular formula is C13H25NO2. The van der Waals surface area contributed by atoms with Crippen molar-refractivity contribution in [3.05, 3.63) is 11.6 Å². The van der Waals surface area contributed by atoms with Crippen LogP contribution in [0.5, 0.6) is 0 Å². The lowest BCUT2D eigenvalue weighted by Crippen LogP contribution is -2.19. The van der Waals surface area contributed by atoms with E-state index in [9.17, 15) is 4.79 Å². The zero-order valence-corrected chi connectivity index (χ0v) is 11.1. The van der Waals surface area contributed by atoms with Gasteiger partial charge in [0.15, 0.2) is 0 Å². The van der Waals surface area contributed by atoms with Gasteiger partial charge < -0.3 is 4.84 Å². The molecule has 0 amide bonds. The van der Waals surface area contributed by atoms with Crippen LogP contribution in [0.2, 0.25) is 0 Å². The third-order valence-corrected chi connectivity index (χ3v) is 2.35. The lowest BCUT2D eigenvalue weighted by Gasteiger charge is -2.09. The van der Waals surface area contributed by atoms with E-state index in [0.29, 0.717) is 5.57 Å². The quantitative estimate of drug-likeness (QED) is 0.362. The standard InChI is InChI=1S/C13H25NO2/c1-5-6-7-8-9-10-11-12(2)13(15)16-14(3)4/h11H,5-10H2,1-4H3. The second kappa shape index (κ2) is 9.40. The van der Waals surface area contributed by atoms with E-state index in [-0.39, 0.29) is 5.97 Å². The number of allylic oxidation sites excluding steroid dienone is 1. The third kappa shape index (κ3) is 8.48. The first-order valence-electron chi connectivity index (χ1n) is 6.14. The Hall–Kier alpha value is -0.830. The molecule has 0 radical (unpaired) electrons. The van der Waals surface area contributed by atoms with Gasteiger partial charge in [0.05, 0.1) is 0 Å². The van der Waals surface area contributed by atoms with Crippen LogP contribution in [0.4, 0.5) is 0 Å². The third-order valence-electron chi connectivity index (χ3n) is 2.35. The monoisotopic (exact) mass is 227 g/mol. The first kappa shape index (κ1) is 15.2. The van der Waals surface area contributed by atoms with E-state index in [1.807, 2.05) is 6.08 Å². The zero-order valence-electron chi connectivity index (χ0n) is 11.1. The molecule has 0 aliphatic rings. The SMILES string of the molecule is CCCCCCCC=C(C)C(=O)ON(C)C. The van der Waals surface area contributed by atoms with Gasteiger partial charge >= 0.3 is 5.97 Å². The number of carbonyl (C=O) groups is 1. The predicted octanol–water partition coefficient (Wildman–Crippen LogP) is 3.31. The molecule has 0 saturated heterocycles. The minimum absolute atomic E-state index is 0.251. The normalized spacial score (nSPS) is 11.9. The van der Waals surface area contributed by atoms with Crippen molar-refractivity contribution in [2.45, 2.75) is 52.4 Å². The van der Waals surface area contributed by atoms with E-state index in [0.717, 1.165) is 12.8 Å². The van der Waals surface area contributed by atoms with E-state index in [1.165, 1.54) is 30.7 Å². The second-order valence-corrected chi connectivity index (χ2v) is 4.28. The summed E-state index contributed by atoms with van der Waals surface area (Å²) in [4.78, 5) is 16.3. The van der Waals surface area contributed by atoms with Gasteiger partial charge in [0.2, 0.25) is 0 Å². The molecule has 0 saturated carbocycles. The minimum atomic E-state index is -0.251. The Morgan fingerprint density at radius 2 is 1.81 bits per heavy atom. The highest BCUT2D eigenvalue weighted by atomic mass is 16.7. The highest BCUT2D eigenvalue weighted by Gasteiger charge is 2.06. The Labute approximate surface area is 99.4 Å². The van der Waals surface area contributed by atoms with Crippen LogP contribution in [0.15, 0.2) is 11.6 Å². The Bertz CT molecular complexity index is 222. The maximum atomic E-state index is 11.4. The van der Waals surface area contributed by atoms with E-state index in [2.05, 4.69) is 6.92 Å². The van der Waals surface area contributed by atoms with Crippen molar-refractivity contribution >= 4 is 5.97 Å². The maximum absolute atomic E-state index is 11.4. The summed E-state index contributed by atoms with van der Waals surface area (Å²) < 4.78 is 0. The molecule has 3 heteroatoms. The summed E-state index contributed by atoms with van der Waals surface area (Å²) in [6.45, 7) is 4.01. The topological polar surface area (TPSA) is 29.5 Å². The maximum Gasteiger partial charge on any atom is 0.352 e. The molecule has 0 aromatic rings. The highest BCUT2D eigenvalue weighted by molar-refractivity contribution is 5.87. The molecule has 0 spiro atoms. The summed E-state index contributed by atoms with van der Waals surface area (Å²) >= 11 is 0. The summed E-state index contributed by atoms with van der Waals surface area (Å²) in [6, 6.07) is 0. The molecule has 0 rings (SSSR count). The Morgan fingerprint density at radius 1 is 1.19 bits per heavy atom. The number of hydrogen-bond acceptors (Lipinski definition) is 3. The Morgan fingerprint density at radius 3 is 2.38 bits per heavy atom. The highest BCUT2D eigenvalue weighted by Crippen LogP contribution is 2.07. The van der Waals surface area contributed by atoms with Gasteiger partial charge in [-0.3, -0.25) is 0 Å². The van der Waals surface area contributed by atoms with Crippen molar-refractivity contribution in [2.75, 3.05) is 14.1 Å². The van der Waals surface area contributed by atoms with Crippen molar-refractivity contribution in [1.82, 2.24) is 5.06 Å². The molecule has 0 N–H and O–H groups in total. The number of nitrogens with zero attached hydrogens (tertiary/aromatic N) is 1. The molecule has 16 heavy (non-hydrogen) atoms. The molecule has 0 heterocycles. The summed E-state index contributed by atoms with van der Waals surface area (Å²) in [5.74, 6) is -0.251. The van der Waals surface area contributed by atoms with Gasteiger partial charge in [-0.25, -0.2) is 4.79 Å². The number of hydrogen-bond donors (Lipinski definition) is 0. The average Bonchev–Trinajstić information content (AvgIpc) is 2.21. The fourth-order valence-electron chi connectivity index (χ4n) is 1.39. The van der Waals surface area contributed by atoms with E-state index in [4.69, 9.17) is 4.84 Å². The van der Waals surface area contributed by atoms with Crippen molar-refractivity contribution in [3.8, 4) is 0 Å². The first-order chi connectivity index (χ1) is 7.57. The van der Waals surface area contributed by atoms with Gasteiger partial charge in [-0.2, -0.15) is 0 Å². The Kier molecular flexibility index (Phi) is 8.91. The summed E-state index contributed by atoms with van der Waals surface area (Å²) in [6.07, 6.45) is 9.23. The van der Waals surface area contributed by atoms with Crippen LogP contribution in [-0.4, -0.2) is 25.1 Å². The van der Waals surface area contributed by atoms with Crippen molar-refractivity contribution in [2.24, 2.45) is 0 Å². The van der Waals surface area contributed by atoms with Crippen LogP contribution >= 0.6 is 0 Å². The van der Waals surface area contributed by atoms with Crippen LogP contribution in [0, 0.1) is 0 Å².